The Labute approximate surface area is 102 Å². The van der Waals surface area contributed by atoms with E-state index in [2.05, 4.69) is 23.7 Å². The zero-order valence-corrected chi connectivity index (χ0v) is 10.7. The number of fused-ring (bicyclic) bond motifs is 1. The molecule has 0 spiro atoms. The van der Waals surface area contributed by atoms with E-state index in [9.17, 15) is 0 Å². The molecule has 3 heterocycles. The minimum atomic E-state index is 0.327. The van der Waals surface area contributed by atoms with Crippen LogP contribution in [0.2, 0.25) is 0 Å². The van der Waals surface area contributed by atoms with Crippen LogP contribution in [0.15, 0.2) is 0 Å². The minimum Gasteiger partial charge on any atom is -0.376 e. The average Bonchev–Trinajstić information content (AvgIpc) is 2.91. The smallest absolute Gasteiger partial charge is 0.109 e. The molecule has 2 atom stereocenters. The first-order chi connectivity index (χ1) is 8.31. The van der Waals surface area contributed by atoms with Gasteiger partial charge >= 0.3 is 0 Å². The van der Waals surface area contributed by atoms with Crippen LogP contribution in [0.1, 0.15) is 43.5 Å². The molecule has 0 aliphatic carbocycles. The molecule has 1 saturated heterocycles. The Balaban J connectivity index is 2.03. The predicted octanol–water partition coefficient (Wildman–Crippen LogP) is 1.44. The maximum Gasteiger partial charge on any atom is 0.109 e. The molecule has 1 aromatic heterocycles. The van der Waals surface area contributed by atoms with Crippen LogP contribution in [-0.4, -0.2) is 28.8 Å². The third-order valence-electron chi connectivity index (χ3n) is 3.98. The lowest BCUT2D eigenvalue weighted by Crippen LogP contribution is -2.27. The van der Waals surface area contributed by atoms with Crippen molar-refractivity contribution in [3.05, 3.63) is 17.2 Å². The lowest BCUT2D eigenvalue weighted by molar-refractivity contribution is 0.106. The third-order valence-corrected chi connectivity index (χ3v) is 3.98. The van der Waals surface area contributed by atoms with E-state index in [1.807, 2.05) is 0 Å². The van der Waals surface area contributed by atoms with Gasteiger partial charge in [0.2, 0.25) is 0 Å². The fourth-order valence-corrected chi connectivity index (χ4v) is 3.09. The van der Waals surface area contributed by atoms with Gasteiger partial charge in [-0.25, -0.2) is 4.98 Å². The van der Waals surface area contributed by atoms with Crippen LogP contribution in [0.25, 0.3) is 0 Å². The molecule has 0 saturated carbocycles. The molecule has 3 rings (SSSR count). The van der Waals surface area contributed by atoms with Gasteiger partial charge in [0.1, 0.15) is 5.82 Å². The Hall–Kier alpha value is -0.870. The van der Waals surface area contributed by atoms with Crippen LogP contribution < -0.4 is 5.32 Å². The highest BCUT2D eigenvalue weighted by Crippen LogP contribution is 2.31. The number of ether oxygens (including phenoxy) is 1. The first-order valence-electron chi connectivity index (χ1n) is 6.72. The first-order valence-corrected chi connectivity index (χ1v) is 6.72. The molecule has 4 nitrogen and oxygen atoms in total. The highest BCUT2D eigenvalue weighted by Gasteiger charge is 2.31. The normalized spacial score (nSPS) is 28.4. The topological polar surface area (TPSA) is 39.1 Å². The van der Waals surface area contributed by atoms with Gasteiger partial charge in [-0.05, 0) is 13.3 Å². The van der Waals surface area contributed by atoms with Crippen molar-refractivity contribution in [2.75, 3.05) is 13.2 Å². The van der Waals surface area contributed by atoms with Crippen LogP contribution in [0.5, 0.6) is 0 Å². The summed E-state index contributed by atoms with van der Waals surface area (Å²) in [4.78, 5) is 4.79. The van der Waals surface area contributed by atoms with Crippen molar-refractivity contribution in [1.82, 2.24) is 14.9 Å². The fourth-order valence-electron chi connectivity index (χ4n) is 3.09. The summed E-state index contributed by atoms with van der Waals surface area (Å²) < 4.78 is 8.20. The lowest BCUT2D eigenvalue weighted by atomic mass is 10.1. The molecule has 0 radical (unpaired) electrons. The highest BCUT2D eigenvalue weighted by molar-refractivity contribution is 5.22. The number of hydrogen-bond donors (Lipinski definition) is 1. The number of nitrogens with zero attached hydrogens (tertiary/aromatic N) is 2. The zero-order valence-electron chi connectivity index (χ0n) is 10.7. The molecule has 2 aliphatic heterocycles. The van der Waals surface area contributed by atoms with Gasteiger partial charge in [-0.15, -0.1) is 0 Å². The molecule has 2 unspecified atom stereocenters. The van der Waals surface area contributed by atoms with Crippen molar-refractivity contribution >= 4 is 0 Å². The number of aryl methyl sites for hydroxylation is 1. The summed E-state index contributed by atoms with van der Waals surface area (Å²) >= 11 is 0. The molecule has 2 aliphatic rings. The van der Waals surface area contributed by atoms with E-state index in [1.54, 1.807) is 0 Å². The Bertz CT molecular complexity index is 413. The molecule has 4 heteroatoms. The predicted molar refractivity (Wildman–Crippen MR) is 66.1 cm³/mol. The van der Waals surface area contributed by atoms with Gasteiger partial charge in [-0.2, -0.15) is 0 Å². The summed E-state index contributed by atoms with van der Waals surface area (Å²) in [5.41, 5.74) is 2.70. The second kappa shape index (κ2) is 4.42. The zero-order chi connectivity index (χ0) is 11.8. The number of imidazole rings is 1. The van der Waals surface area contributed by atoms with E-state index in [1.165, 1.54) is 17.2 Å². The largest absolute Gasteiger partial charge is 0.376 e. The van der Waals surface area contributed by atoms with E-state index in [-0.39, 0.29) is 0 Å². The molecule has 0 aromatic carbocycles. The first kappa shape index (κ1) is 11.2. The minimum absolute atomic E-state index is 0.327. The molecular weight excluding hydrogens is 214 g/mol. The molecule has 94 valence electrons. The molecule has 17 heavy (non-hydrogen) atoms. The van der Waals surface area contributed by atoms with Gasteiger partial charge in [0.25, 0.3) is 0 Å². The van der Waals surface area contributed by atoms with E-state index in [0.29, 0.717) is 12.1 Å². The Morgan fingerprint density at radius 1 is 1.53 bits per heavy atom. The van der Waals surface area contributed by atoms with Crippen molar-refractivity contribution in [1.29, 1.82) is 0 Å². The standard InChI is InChI=1S/C13H21N3O/c1-3-13-15-10-8-14-6-4-12(10)16(13)11-5-7-17-9(11)2/h9,11,14H,3-8H2,1-2H3. The Morgan fingerprint density at radius 2 is 2.41 bits per heavy atom. The maximum absolute atomic E-state index is 5.72. The highest BCUT2D eigenvalue weighted by atomic mass is 16.5. The van der Waals surface area contributed by atoms with Crippen LogP contribution in [0, 0.1) is 0 Å². The second-order valence-corrected chi connectivity index (χ2v) is 5.00. The molecule has 1 N–H and O–H groups in total. The van der Waals surface area contributed by atoms with Gasteiger partial charge in [-0.3, -0.25) is 0 Å². The Kier molecular flexibility index (Phi) is 2.92. The van der Waals surface area contributed by atoms with Crippen molar-refractivity contribution in [2.45, 2.75) is 51.8 Å². The van der Waals surface area contributed by atoms with E-state index in [0.717, 1.165) is 39.0 Å². The van der Waals surface area contributed by atoms with Gasteiger partial charge in [0.15, 0.2) is 0 Å². The monoisotopic (exact) mass is 235 g/mol. The summed E-state index contributed by atoms with van der Waals surface area (Å²) in [7, 11) is 0. The van der Waals surface area contributed by atoms with Crippen molar-refractivity contribution < 1.29 is 4.74 Å². The fraction of sp³-hybridized carbons (Fsp3) is 0.769. The number of aromatic nitrogens is 2. The van der Waals surface area contributed by atoms with Gasteiger partial charge in [0, 0.05) is 38.2 Å². The van der Waals surface area contributed by atoms with Gasteiger partial charge < -0.3 is 14.6 Å². The summed E-state index contributed by atoms with van der Waals surface area (Å²) in [5.74, 6) is 1.24. The van der Waals surface area contributed by atoms with E-state index in [4.69, 9.17) is 9.72 Å². The number of hydrogen-bond acceptors (Lipinski definition) is 3. The molecule has 1 fully saturated rings. The molecular formula is C13H21N3O. The van der Waals surface area contributed by atoms with Crippen molar-refractivity contribution in [3.8, 4) is 0 Å². The Morgan fingerprint density at radius 3 is 3.12 bits per heavy atom. The van der Waals surface area contributed by atoms with Crippen LogP contribution in [-0.2, 0) is 24.1 Å². The molecule has 1 aromatic rings. The average molecular weight is 235 g/mol. The second-order valence-electron chi connectivity index (χ2n) is 5.00. The van der Waals surface area contributed by atoms with Crippen LogP contribution >= 0.6 is 0 Å². The lowest BCUT2D eigenvalue weighted by Gasteiger charge is -2.23. The van der Waals surface area contributed by atoms with Gasteiger partial charge in [-0.1, -0.05) is 6.92 Å². The van der Waals surface area contributed by atoms with Crippen LogP contribution in [0.4, 0.5) is 0 Å². The SMILES string of the molecule is CCc1nc2c(n1C1CCOC1C)CCNC2. The van der Waals surface area contributed by atoms with Crippen LogP contribution in [0.3, 0.4) is 0 Å². The van der Waals surface area contributed by atoms with E-state index >= 15 is 0 Å². The summed E-state index contributed by atoms with van der Waals surface area (Å²) in [6, 6.07) is 0.499. The van der Waals surface area contributed by atoms with Gasteiger partial charge in [0.05, 0.1) is 17.8 Å². The summed E-state index contributed by atoms with van der Waals surface area (Å²) in [6.45, 7) is 7.27. The third kappa shape index (κ3) is 1.79. The molecule has 0 amide bonds. The van der Waals surface area contributed by atoms with Crippen molar-refractivity contribution in [2.24, 2.45) is 0 Å². The number of rotatable bonds is 2. The summed E-state index contributed by atoms with van der Waals surface area (Å²) in [5, 5.41) is 3.40. The molecule has 0 bridgehead atoms. The van der Waals surface area contributed by atoms with Crippen molar-refractivity contribution in [3.63, 3.8) is 0 Å². The summed E-state index contributed by atoms with van der Waals surface area (Å²) in [6.07, 6.45) is 3.57. The number of nitrogens with one attached hydrogen (secondary N) is 1. The maximum atomic E-state index is 5.72. The quantitative estimate of drug-likeness (QED) is 0.843. The van der Waals surface area contributed by atoms with E-state index < -0.39 is 0 Å².